The molecule has 2 amide bonds. The summed E-state index contributed by atoms with van der Waals surface area (Å²) in [7, 11) is 0. The number of nitrogens with zero attached hydrogens (tertiary/aromatic N) is 1. The van der Waals surface area contributed by atoms with Gasteiger partial charge in [0.05, 0.1) is 17.2 Å². The molecule has 1 heterocycles. The lowest BCUT2D eigenvalue weighted by Gasteiger charge is -2.32. The van der Waals surface area contributed by atoms with E-state index in [9.17, 15) is 9.59 Å². The predicted octanol–water partition coefficient (Wildman–Crippen LogP) is 5.82. The van der Waals surface area contributed by atoms with E-state index >= 15 is 0 Å². The van der Waals surface area contributed by atoms with Gasteiger partial charge in [-0.25, -0.2) is 0 Å². The lowest BCUT2D eigenvalue weighted by atomic mass is 9.96. The summed E-state index contributed by atoms with van der Waals surface area (Å²) in [5, 5.41) is 7.23. The number of rotatable bonds is 8. The molecule has 2 N–H and O–H groups in total. The van der Waals surface area contributed by atoms with E-state index in [0.29, 0.717) is 40.9 Å². The fourth-order valence-corrected chi connectivity index (χ4v) is 4.92. The first kappa shape index (κ1) is 25.2. The van der Waals surface area contributed by atoms with Crippen molar-refractivity contribution in [1.82, 2.24) is 10.2 Å². The molecule has 3 aromatic rings. The summed E-state index contributed by atoms with van der Waals surface area (Å²) in [6, 6.07) is 22.6. The number of anilines is 1. The van der Waals surface area contributed by atoms with E-state index in [2.05, 4.69) is 15.5 Å². The van der Waals surface area contributed by atoms with Crippen LogP contribution >= 0.6 is 23.2 Å². The molecule has 4 rings (SSSR count). The van der Waals surface area contributed by atoms with E-state index in [0.717, 1.165) is 36.9 Å². The number of halogens is 2. The van der Waals surface area contributed by atoms with Crippen LogP contribution < -0.4 is 10.6 Å². The minimum Gasteiger partial charge on any atom is -0.352 e. The number of nitrogens with one attached hydrogen (secondary N) is 2. The first-order chi connectivity index (χ1) is 17.0. The zero-order valence-electron chi connectivity index (χ0n) is 19.5. The summed E-state index contributed by atoms with van der Waals surface area (Å²) < 4.78 is 0. The predicted molar refractivity (Wildman–Crippen MR) is 142 cm³/mol. The molecule has 0 aliphatic carbocycles. The smallest absolute Gasteiger partial charge is 0.253 e. The third-order valence-electron chi connectivity index (χ3n) is 6.29. The van der Waals surface area contributed by atoms with Gasteiger partial charge in [-0.15, -0.1) is 0 Å². The Labute approximate surface area is 216 Å². The topological polar surface area (TPSA) is 61.4 Å². The van der Waals surface area contributed by atoms with Crippen molar-refractivity contribution < 1.29 is 9.59 Å². The Kier molecular flexibility index (Phi) is 8.80. The highest BCUT2D eigenvalue weighted by molar-refractivity contribution is 6.35. The maximum atomic E-state index is 13.2. The van der Waals surface area contributed by atoms with Gasteiger partial charge in [-0.1, -0.05) is 71.7 Å². The van der Waals surface area contributed by atoms with E-state index in [1.54, 1.807) is 18.2 Å². The first-order valence-electron chi connectivity index (χ1n) is 11.9. The number of amides is 2. The third-order valence-corrected chi connectivity index (χ3v) is 7.00. The molecule has 1 unspecified atom stereocenters. The number of piperidine rings is 1. The zero-order chi connectivity index (χ0) is 24.6. The average Bonchev–Trinajstić information content (AvgIpc) is 2.87. The van der Waals surface area contributed by atoms with Gasteiger partial charge in [-0.05, 0) is 55.6 Å². The molecule has 7 heteroatoms. The van der Waals surface area contributed by atoms with Crippen molar-refractivity contribution in [2.45, 2.75) is 25.8 Å². The van der Waals surface area contributed by atoms with Crippen molar-refractivity contribution >= 4 is 40.7 Å². The van der Waals surface area contributed by atoms with Crippen LogP contribution in [0, 0.1) is 5.92 Å². The fourth-order valence-electron chi connectivity index (χ4n) is 4.41. The van der Waals surface area contributed by atoms with Gasteiger partial charge in [-0.2, -0.15) is 0 Å². The molecule has 35 heavy (non-hydrogen) atoms. The second kappa shape index (κ2) is 12.2. The van der Waals surface area contributed by atoms with Crippen molar-refractivity contribution in [3.63, 3.8) is 0 Å². The molecule has 0 radical (unpaired) electrons. The van der Waals surface area contributed by atoms with Gasteiger partial charge >= 0.3 is 0 Å². The van der Waals surface area contributed by atoms with E-state index in [-0.39, 0.29) is 17.7 Å². The van der Waals surface area contributed by atoms with Crippen LogP contribution in [0.3, 0.4) is 0 Å². The first-order valence-corrected chi connectivity index (χ1v) is 12.6. The molecule has 1 saturated heterocycles. The summed E-state index contributed by atoms with van der Waals surface area (Å²) in [6.45, 7) is 2.61. The van der Waals surface area contributed by atoms with E-state index in [1.807, 2.05) is 54.6 Å². The molecule has 1 aliphatic heterocycles. The van der Waals surface area contributed by atoms with Gasteiger partial charge in [0.2, 0.25) is 5.91 Å². The second-order valence-corrected chi connectivity index (χ2v) is 9.62. The Morgan fingerprint density at radius 1 is 0.914 bits per heavy atom. The monoisotopic (exact) mass is 509 g/mol. The Balaban J connectivity index is 1.35. The molecule has 0 bridgehead atoms. The maximum Gasteiger partial charge on any atom is 0.253 e. The third kappa shape index (κ3) is 6.85. The number of benzene rings is 3. The van der Waals surface area contributed by atoms with Gasteiger partial charge in [0.1, 0.15) is 0 Å². The van der Waals surface area contributed by atoms with Gasteiger partial charge in [0, 0.05) is 35.2 Å². The Bertz CT molecular complexity index is 1150. The minimum absolute atomic E-state index is 0.0792. The SMILES string of the molecule is O=C(NCCc1ccccc1)c1ccccc1NC(=O)C1CCCN(Cc2c(Cl)cccc2Cl)C1. The van der Waals surface area contributed by atoms with Crippen LogP contribution in [-0.4, -0.2) is 36.3 Å². The normalized spacial score (nSPS) is 16.0. The highest BCUT2D eigenvalue weighted by atomic mass is 35.5. The summed E-state index contributed by atoms with van der Waals surface area (Å²) >= 11 is 12.7. The molecule has 1 fully saturated rings. The zero-order valence-corrected chi connectivity index (χ0v) is 21.0. The summed E-state index contributed by atoms with van der Waals surface area (Å²) in [5.41, 5.74) is 3.04. The van der Waals surface area contributed by atoms with Gasteiger partial charge in [-0.3, -0.25) is 14.5 Å². The summed E-state index contributed by atoms with van der Waals surface area (Å²) in [4.78, 5) is 28.2. The van der Waals surface area contributed by atoms with Crippen molar-refractivity contribution in [2.24, 2.45) is 5.92 Å². The molecular weight excluding hydrogens is 481 g/mol. The van der Waals surface area contributed by atoms with Crippen molar-refractivity contribution in [3.05, 3.63) is 99.5 Å². The molecule has 182 valence electrons. The van der Waals surface area contributed by atoms with Crippen molar-refractivity contribution in [1.29, 1.82) is 0 Å². The van der Waals surface area contributed by atoms with Crippen LogP contribution in [0.2, 0.25) is 10.0 Å². The number of hydrogen-bond donors (Lipinski definition) is 2. The average molecular weight is 510 g/mol. The van der Waals surface area contributed by atoms with Crippen LogP contribution in [-0.2, 0) is 17.8 Å². The van der Waals surface area contributed by atoms with Crippen LogP contribution in [0.5, 0.6) is 0 Å². The van der Waals surface area contributed by atoms with Crippen molar-refractivity contribution in [3.8, 4) is 0 Å². The molecular formula is C28H29Cl2N3O2. The molecule has 3 aromatic carbocycles. The van der Waals surface area contributed by atoms with Crippen molar-refractivity contribution in [2.75, 3.05) is 25.0 Å². The summed E-state index contributed by atoms with van der Waals surface area (Å²) in [5.74, 6) is -0.459. The number of para-hydroxylation sites is 1. The number of carbonyl (C=O) groups excluding carboxylic acids is 2. The fraction of sp³-hybridized carbons (Fsp3) is 0.286. The minimum atomic E-state index is -0.199. The lowest BCUT2D eigenvalue weighted by molar-refractivity contribution is -0.121. The van der Waals surface area contributed by atoms with E-state index < -0.39 is 0 Å². The standard InChI is InChI=1S/C28H29Cl2N3O2/c29-24-12-6-13-25(30)23(24)19-33-17-7-10-21(18-33)27(34)32-26-14-5-4-11-22(26)28(35)31-16-15-20-8-2-1-3-9-20/h1-6,8-9,11-14,21H,7,10,15-19H2,(H,31,35)(H,32,34). The Morgan fingerprint density at radius 3 is 2.40 bits per heavy atom. The number of carbonyl (C=O) groups is 2. The molecule has 1 aliphatic rings. The van der Waals surface area contributed by atoms with Crippen LogP contribution in [0.25, 0.3) is 0 Å². The quantitative estimate of drug-likeness (QED) is 0.402. The van der Waals surface area contributed by atoms with Gasteiger partial charge < -0.3 is 10.6 Å². The number of likely N-dealkylation sites (tertiary alicyclic amines) is 1. The Hall–Kier alpha value is -2.86. The van der Waals surface area contributed by atoms with E-state index in [1.165, 1.54) is 0 Å². The highest BCUT2D eigenvalue weighted by Crippen LogP contribution is 2.28. The highest BCUT2D eigenvalue weighted by Gasteiger charge is 2.27. The van der Waals surface area contributed by atoms with Crippen LogP contribution in [0.1, 0.15) is 34.3 Å². The van der Waals surface area contributed by atoms with Crippen LogP contribution in [0.4, 0.5) is 5.69 Å². The summed E-state index contributed by atoms with van der Waals surface area (Å²) in [6.07, 6.45) is 2.44. The Morgan fingerprint density at radius 2 is 1.63 bits per heavy atom. The number of hydrogen-bond acceptors (Lipinski definition) is 3. The molecule has 0 saturated carbocycles. The van der Waals surface area contributed by atoms with Crippen LogP contribution in [0.15, 0.2) is 72.8 Å². The molecule has 0 spiro atoms. The second-order valence-electron chi connectivity index (χ2n) is 8.80. The van der Waals surface area contributed by atoms with Gasteiger partial charge in [0.15, 0.2) is 0 Å². The maximum absolute atomic E-state index is 13.2. The molecule has 1 atom stereocenters. The largest absolute Gasteiger partial charge is 0.352 e. The van der Waals surface area contributed by atoms with Gasteiger partial charge in [0.25, 0.3) is 5.91 Å². The van der Waals surface area contributed by atoms with E-state index in [4.69, 9.17) is 23.2 Å². The lowest BCUT2D eigenvalue weighted by Crippen LogP contribution is -2.40. The molecule has 0 aromatic heterocycles. The molecule has 5 nitrogen and oxygen atoms in total.